The van der Waals surface area contributed by atoms with Crippen molar-refractivity contribution < 1.29 is 4.39 Å². The lowest BCUT2D eigenvalue weighted by Crippen LogP contribution is -2.19. The maximum atomic E-state index is 13.3. The van der Waals surface area contributed by atoms with Crippen LogP contribution >= 0.6 is 0 Å². The van der Waals surface area contributed by atoms with E-state index in [4.69, 9.17) is 7.85 Å². The molecule has 0 amide bonds. The van der Waals surface area contributed by atoms with Crippen molar-refractivity contribution in [3.05, 3.63) is 64.5 Å². The molecule has 21 heavy (non-hydrogen) atoms. The summed E-state index contributed by atoms with van der Waals surface area (Å²) in [6, 6.07) is 11.7. The molecule has 1 saturated carbocycles. The highest BCUT2D eigenvalue weighted by Crippen LogP contribution is 2.20. The van der Waals surface area contributed by atoms with Gasteiger partial charge in [-0.05, 0) is 55.0 Å². The van der Waals surface area contributed by atoms with E-state index in [0.29, 0.717) is 12.5 Å². The molecule has 0 saturated heterocycles. The van der Waals surface area contributed by atoms with Gasteiger partial charge in [-0.1, -0.05) is 35.3 Å². The summed E-state index contributed by atoms with van der Waals surface area (Å²) >= 11 is 0. The molecule has 0 aromatic heterocycles. The number of rotatable bonds is 5. The smallest absolute Gasteiger partial charge is 0.123 e. The van der Waals surface area contributed by atoms with E-state index in [1.54, 1.807) is 12.1 Å². The quantitative estimate of drug-likeness (QED) is 0.830. The van der Waals surface area contributed by atoms with Crippen LogP contribution in [-0.4, -0.2) is 13.9 Å². The first-order valence-electron chi connectivity index (χ1n) is 7.47. The van der Waals surface area contributed by atoms with E-state index >= 15 is 0 Å². The SMILES string of the molecule is [B]c1cc(CNC2CC2)cc(Cc2cccc(F)c2)c1C. The maximum Gasteiger partial charge on any atom is 0.123 e. The molecule has 0 unspecified atom stereocenters. The van der Waals surface area contributed by atoms with Gasteiger partial charge in [0.15, 0.2) is 0 Å². The van der Waals surface area contributed by atoms with Crippen LogP contribution in [0.15, 0.2) is 36.4 Å². The minimum absolute atomic E-state index is 0.190. The van der Waals surface area contributed by atoms with Gasteiger partial charge in [0.2, 0.25) is 0 Å². The van der Waals surface area contributed by atoms with Crippen LogP contribution in [0.1, 0.15) is 35.1 Å². The highest BCUT2D eigenvalue weighted by molar-refractivity contribution is 6.33. The zero-order valence-electron chi connectivity index (χ0n) is 12.3. The van der Waals surface area contributed by atoms with Gasteiger partial charge in [0.1, 0.15) is 13.7 Å². The van der Waals surface area contributed by atoms with E-state index < -0.39 is 0 Å². The lowest BCUT2D eigenvalue weighted by atomic mass is 9.85. The fourth-order valence-electron chi connectivity index (χ4n) is 2.57. The zero-order chi connectivity index (χ0) is 14.8. The summed E-state index contributed by atoms with van der Waals surface area (Å²) in [6.07, 6.45) is 3.26. The largest absolute Gasteiger partial charge is 0.310 e. The van der Waals surface area contributed by atoms with Gasteiger partial charge in [-0.15, -0.1) is 0 Å². The van der Waals surface area contributed by atoms with Crippen LogP contribution in [0, 0.1) is 12.7 Å². The molecule has 1 fully saturated rings. The fourth-order valence-corrected chi connectivity index (χ4v) is 2.57. The zero-order valence-corrected chi connectivity index (χ0v) is 12.3. The summed E-state index contributed by atoms with van der Waals surface area (Å²) in [5.74, 6) is -0.190. The Morgan fingerprint density at radius 1 is 1.19 bits per heavy atom. The second-order valence-corrected chi connectivity index (χ2v) is 5.93. The molecule has 106 valence electrons. The van der Waals surface area contributed by atoms with Crippen molar-refractivity contribution in [2.24, 2.45) is 0 Å². The maximum absolute atomic E-state index is 13.3. The van der Waals surface area contributed by atoms with Crippen LogP contribution in [0.5, 0.6) is 0 Å². The van der Waals surface area contributed by atoms with Crippen LogP contribution in [0.2, 0.25) is 0 Å². The van der Waals surface area contributed by atoms with Gasteiger partial charge < -0.3 is 5.32 Å². The van der Waals surface area contributed by atoms with E-state index in [0.717, 1.165) is 23.1 Å². The first kappa shape index (κ1) is 14.3. The molecule has 0 atom stereocenters. The van der Waals surface area contributed by atoms with Crippen molar-refractivity contribution >= 4 is 13.3 Å². The van der Waals surface area contributed by atoms with Crippen molar-refractivity contribution in [2.75, 3.05) is 0 Å². The molecule has 1 N–H and O–H groups in total. The Hall–Kier alpha value is -1.61. The molecule has 3 heteroatoms. The predicted octanol–water partition coefficient (Wildman–Crippen LogP) is 2.77. The fraction of sp³-hybridized carbons (Fsp3) is 0.333. The average Bonchev–Trinajstić information content (AvgIpc) is 3.26. The first-order valence-corrected chi connectivity index (χ1v) is 7.47. The van der Waals surface area contributed by atoms with E-state index in [1.165, 1.54) is 30.0 Å². The van der Waals surface area contributed by atoms with Crippen LogP contribution in [0.3, 0.4) is 0 Å². The standard InChI is InChI=1S/C18H19BFN/c1-12-15(7-13-3-2-4-16(20)9-13)8-14(10-18(12)19)11-21-17-5-6-17/h2-4,8-10,17,21H,5-7,11H2,1H3. The van der Waals surface area contributed by atoms with Crippen LogP contribution in [0.4, 0.5) is 4.39 Å². The van der Waals surface area contributed by atoms with E-state index in [1.807, 2.05) is 19.1 Å². The van der Waals surface area contributed by atoms with Crippen LogP contribution < -0.4 is 10.8 Å². The van der Waals surface area contributed by atoms with Crippen molar-refractivity contribution in [2.45, 2.75) is 38.8 Å². The van der Waals surface area contributed by atoms with Gasteiger partial charge in [0.05, 0.1) is 0 Å². The lowest BCUT2D eigenvalue weighted by molar-refractivity contribution is 0.626. The molecule has 0 heterocycles. The topological polar surface area (TPSA) is 12.0 Å². The third kappa shape index (κ3) is 3.73. The van der Waals surface area contributed by atoms with Gasteiger partial charge in [-0.2, -0.15) is 0 Å². The summed E-state index contributed by atoms with van der Waals surface area (Å²) in [5.41, 5.74) is 5.26. The number of benzene rings is 2. The molecular weight excluding hydrogens is 260 g/mol. The van der Waals surface area contributed by atoms with Crippen LogP contribution in [0.25, 0.3) is 0 Å². The molecule has 1 nitrogen and oxygen atoms in total. The van der Waals surface area contributed by atoms with Gasteiger partial charge >= 0.3 is 0 Å². The van der Waals surface area contributed by atoms with E-state index in [9.17, 15) is 4.39 Å². The highest BCUT2D eigenvalue weighted by atomic mass is 19.1. The number of hydrogen-bond donors (Lipinski definition) is 1. The van der Waals surface area contributed by atoms with Crippen molar-refractivity contribution in [3.63, 3.8) is 0 Å². The van der Waals surface area contributed by atoms with E-state index in [-0.39, 0.29) is 5.82 Å². The normalized spacial score (nSPS) is 14.4. The third-order valence-corrected chi connectivity index (χ3v) is 4.07. The van der Waals surface area contributed by atoms with Gasteiger partial charge in [0, 0.05) is 12.6 Å². The van der Waals surface area contributed by atoms with Gasteiger partial charge in [0.25, 0.3) is 0 Å². The van der Waals surface area contributed by atoms with E-state index in [2.05, 4.69) is 11.4 Å². The number of hydrogen-bond acceptors (Lipinski definition) is 1. The Bertz CT molecular complexity index is 650. The summed E-state index contributed by atoms with van der Waals surface area (Å²) in [7, 11) is 6.13. The first-order chi connectivity index (χ1) is 10.1. The van der Waals surface area contributed by atoms with Crippen molar-refractivity contribution in [1.29, 1.82) is 0 Å². The lowest BCUT2D eigenvalue weighted by Gasteiger charge is -2.13. The molecular formula is C18H19BFN. The summed E-state index contributed by atoms with van der Waals surface area (Å²) in [4.78, 5) is 0. The Labute approximate surface area is 127 Å². The van der Waals surface area contributed by atoms with Crippen molar-refractivity contribution in [3.8, 4) is 0 Å². The molecule has 2 radical (unpaired) electrons. The average molecular weight is 279 g/mol. The highest BCUT2D eigenvalue weighted by Gasteiger charge is 2.20. The van der Waals surface area contributed by atoms with Gasteiger partial charge in [-0.3, -0.25) is 0 Å². The predicted molar refractivity (Wildman–Crippen MR) is 85.6 cm³/mol. The molecule has 1 aliphatic rings. The Morgan fingerprint density at radius 3 is 2.71 bits per heavy atom. The molecule has 0 bridgehead atoms. The molecule has 1 aliphatic carbocycles. The Balaban J connectivity index is 1.81. The summed E-state index contributed by atoms with van der Waals surface area (Å²) in [5, 5.41) is 3.50. The monoisotopic (exact) mass is 279 g/mol. The minimum atomic E-state index is -0.190. The Kier molecular flexibility index (Phi) is 4.11. The second-order valence-electron chi connectivity index (χ2n) is 5.93. The minimum Gasteiger partial charge on any atom is -0.310 e. The molecule has 3 rings (SSSR count). The summed E-state index contributed by atoms with van der Waals surface area (Å²) in [6.45, 7) is 2.88. The second kappa shape index (κ2) is 6.02. The molecule has 0 aliphatic heterocycles. The number of halogens is 1. The molecule has 2 aromatic carbocycles. The van der Waals surface area contributed by atoms with Crippen molar-refractivity contribution in [1.82, 2.24) is 5.32 Å². The Morgan fingerprint density at radius 2 is 2.00 bits per heavy atom. The summed E-state index contributed by atoms with van der Waals surface area (Å²) < 4.78 is 13.3. The molecule has 2 aromatic rings. The number of nitrogens with one attached hydrogen (secondary N) is 1. The molecule has 0 spiro atoms. The van der Waals surface area contributed by atoms with Gasteiger partial charge in [-0.25, -0.2) is 4.39 Å². The third-order valence-electron chi connectivity index (χ3n) is 4.07. The van der Waals surface area contributed by atoms with Crippen LogP contribution in [-0.2, 0) is 13.0 Å².